The van der Waals surface area contributed by atoms with Crippen molar-refractivity contribution in [3.05, 3.63) is 54.1 Å². The summed E-state index contributed by atoms with van der Waals surface area (Å²) in [4.78, 5) is 41.4. The summed E-state index contributed by atoms with van der Waals surface area (Å²) < 4.78 is 5.36. The molecule has 3 N–H and O–H groups in total. The minimum absolute atomic E-state index is 0.102. The zero-order chi connectivity index (χ0) is 28.4. The molecular weight excluding hydrogens is 494 g/mol. The molecule has 1 aliphatic rings. The molecule has 3 amide bonds. The van der Waals surface area contributed by atoms with Crippen LogP contribution in [-0.4, -0.2) is 47.5 Å². The molecule has 1 saturated heterocycles. The monoisotopic (exact) mass is 537 g/mol. The van der Waals surface area contributed by atoms with Crippen molar-refractivity contribution in [2.24, 2.45) is 17.8 Å². The van der Waals surface area contributed by atoms with Gasteiger partial charge in [0.15, 0.2) is 0 Å². The van der Waals surface area contributed by atoms with Gasteiger partial charge in [-0.1, -0.05) is 57.5 Å². The molecule has 2 aromatic carbocycles. The topological polar surface area (TPSA) is 108 Å². The number of hydrogen-bond donors (Lipinski definition) is 3. The first-order valence-electron chi connectivity index (χ1n) is 14.0. The van der Waals surface area contributed by atoms with E-state index in [2.05, 4.69) is 11.4 Å². The first kappa shape index (κ1) is 30.2. The Kier molecular flexibility index (Phi) is 11.3. The number of hydroxylamine groups is 1. The summed E-state index contributed by atoms with van der Waals surface area (Å²) in [5.74, 6) is -1.28. The maximum atomic E-state index is 13.6. The van der Waals surface area contributed by atoms with Crippen LogP contribution >= 0.6 is 0 Å². The van der Waals surface area contributed by atoms with Gasteiger partial charge in [-0.05, 0) is 72.9 Å². The molecule has 0 spiro atoms. The summed E-state index contributed by atoms with van der Waals surface area (Å²) in [5, 5.41) is 12.3. The van der Waals surface area contributed by atoms with Gasteiger partial charge < -0.3 is 15.0 Å². The number of carbonyl (C=O) groups is 3. The largest absolute Gasteiger partial charge is 0.497 e. The number of methoxy groups -OCH3 is 1. The highest BCUT2D eigenvalue weighted by molar-refractivity contribution is 5.91. The van der Waals surface area contributed by atoms with E-state index < -0.39 is 23.8 Å². The third-order valence-electron chi connectivity index (χ3n) is 7.40. The highest BCUT2D eigenvalue weighted by atomic mass is 16.5. The van der Waals surface area contributed by atoms with E-state index in [1.165, 1.54) is 0 Å². The Morgan fingerprint density at radius 1 is 1.05 bits per heavy atom. The van der Waals surface area contributed by atoms with E-state index in [9.17, 15) is 19.6 Å². The van der Waals surface area contributed by atoms with Gasteiger partial charge in [0, 0.05) is 19.0 Å². The molecule has 0 bridgehead atoms. The van der Waals surface area contributed by atoms with Crippen molar-refractivity contribution in [3.63, 3.8) is 0 Å². The molecular formula is C31H43N3O5. The lowest BCUT2D eigenvalue weighted by atomic mass is 9.81. The lowest BCUT2D eigenvalue weighted by molar-refractivity contribution is -0.143. The molecule has 0 unspecified atom stereocenters. The average Bonchev–Trinajstić information content (AvgIpc) is 3.11. The van der Waals surface area contributed by atoms with Crippen molar-refractivity contribution < 1.29 is 24.3 Å². The fourth-order valence-electron chi connectivity index (χ4n) is 5.42. The molecule has 3 rings (SSSR count). The fraction of sp³-hybridized carbons (Fsp3) is 0.516. The number of hydrogen-bond acceptors (Lipinski definition) is 5. The fourth-order valence-corrected chi connectivity index (χ4v) is 5.42. The van der Waals surface area contributed by atoms with Gasteiger partial charge in [-0.25, -0.2) is 5.48 Å². The number of rotatable bonds is 12. The van der Waals surface area contributed by atoms with E-state index in [4.69, 9.17) is 4.74 Å². The van der Waals surface area contributed by atoms with Crippen molar-refractivity contribution in [1.82, 2.24) is 15.7 Å². The number of carbonyl (C=O) groups excluding carboxylic acids is 3. The predicted molar refractivity (Wildman–Crippen MR) is 151 cm³/mol. The number of nitrogens with one attached hydrogen (secondary N) is 2. The molecule has 0 aromatic heterocycles. The van der Waals surface area contributed by atoms with Gasteiger partial charge in [0.2, 0.25) is 17.7 Å². The summed E-state index contributed by atoms with van der Waals surface area (Å²) in [6.07, 6.45) is 3.90. The van der Waals surface area contributed by atoms with E-state index in [0.29, 0.717) is 38.8 Å². The summed E-state index contributed by atoms with van der Waals surface area (Å²) in [5.41, 5.74) is 4.82. The molecule has 1 heterocycles. The van der Waals surface area contributed by atoms with Crippen LogP contribution in [0, 0.1) is 17.8 Å². The number of amides is 3. The van der Waals surface area contributed by atoms with Gasteiger partial charge in [-0.2, -0.15) is 0 Å². The summed E-state index contributed by atoms with van der Waals surface area (Å²) in [7, 11) is 1.64. The standard InChI is InChI=1S/C31H43N3O5/c1-5-10-26(30(36)33-38)27(17-21(2)3)29(35)32-28-15-6-7-16-34(31(28)37)20-22-11-8-12-23(18-22)24-13-9-14-25(19-24)39-4/h8-9,11-14,18-19,21,26-28,38H,5-7,10,15-17,20H2,1-4H3,(H,32,35)(H,33,36)/t26-,27+,28-/m0/s1. The molecule has 8 heteroatoms. The van der Waals surface area contributed by atoms with E-state index in [0.717, 1.165) is 35.3 Å². The average molecular weight is 538 g/mol. The van der Waals surface area contributed by atoms with Gasteiger partial charge in [-0.3, -0.25) is 19.6 Å². The Morgan fingerprint density at radius 2 is 1.77 bits per heavy atom. The van der Waals surface area contributed by atoms with Crippen LogP contribution in [0.25, 0.3) is 11.1 Å². The van der Waals surface area contributed by atoms with E-state index in [1.54, 1.807) is 12.6 Å². The first-order valence-corrected chi connectivity index (χ1v) is 14.0. The maximum Gasteiger partial charge on any atom is 0.247 e. The van der Waals surface area contributed by atoms with Gasteiger partial charge in [0.1, 0.15) is 11.8 Å². The van der Waals surface area contributed by atoms with Gasteiger partial charge in [0.25, 0.3) is 0 Å². The molecule has 0 saturated carbocycles. The zero-order valence-electron chi connectivity index (χ0n) is 23.6. The lowest BCUT2D eigenvalue weighted by Gasteiger charge is -2.29. The van der Waals surface area contributed by atoms with E-state index in [1.807, 2.05) is 68.1 Å². The van der Waals surface area contributed by atoms with Crippen LogP contribution < -0.4 is 15.5 Å². The van der Waals surface area contributed by atoms with Crippen molar-refractivity contribution in [2.45, 2.75) is 71.9 Å². The second-order valence-corrected chi connectivity index (χ2v) is 10.9. The van der Waals surface area contributed by atoms with Crippen LogP contribution in [0.3, 0.4) is 0 Å². The summed E-state index contributed by atoms with van der Waals surface area (Å²) >= 11 is 0. The van der Waals surface area contributed by atoms with Crippen LogP contribution in [0.1, 0.15) is 64.9 Å². The van der Waals surface area contributed by atoms with Gasteiger partial charge in [-0.15, -0.1) is 0 Å². The van der Waals surface area contributed by atoms with Crippen molar-refractivity contribution >= 4 is 17.7 Å². The smallest absolute Gasteiger partial charge is 0.247 e. The molecule has 0 aliphatic carbocycles. The molecule has 1 fully saturated rings. The number of benzene rings is 2. The van der Waals surface area contributed by atoms with Crippen molar-refractivity contribution in [2.75, 3.05) is 13.7 Å². The molecule has 1 aliphatic heterocycles. The van der Waals surface area contributed by atoms with Crippen LogP contribution in [0.5, 0.6) is 5.75 Å². The van der Waals surface area contributed by atoms with Crippen LogP contribution in [0.15, 0.2) is 48.5 Å². The number of nitrogens with zero attached hydrogens (tertiary/aromatic N) is 1. The molecule has 212 valence electrons. The molecule has 8 nitrogen and oxygen atoms in total. The van der Waals surface area contributed by atoms with E-state index >= 15 is 0 Å². The van der Waals surface area contributed by atoms with Crippen molar-refractivity contribution in [1.29, 1.82) is 0 Å². The van der Waals surface area contributed by atoms with Gasteiger partial charge >= 0.3 is 0 Å². The third-order valence-corrected chi connectivity index (χ3v) is 7.40. The molecule has 0 radical (unpaired) electrons. The Balaban J connectivity index is 1.76. The summed E-state index contributed by atoms with van der Waals surface area (Å²) in [6.45, 7) is 7.01. The van der Waals surface area contributed by atoms with Gasteiger partial charge in [0.05, 0.1) is 13.0 Å². The van der Waals surface area contributed by atoms with E-state index in [-0.39, 0.29) is 17.7 Å². The Labute approximate surface area is 232 Å². The Bertz CT molecular complexity index is 1120. The second kappa shape index (κ2) is 14.7. The Hall–Kier alpha value is -3.39. The Morgan fingerprint density at radius 3 is 2.44 bits per heavy atom. The van der Waals surface area contributed by atoms with Crippen molar-refractivity contribution in [3.8, 4) is 16.9 Å². The lowest BCUT2D eigenvalue weighted by Crippen LogP contribution is -2.51. The number of ether oxygens (including phenoxy) is 1. The number of likely N-dealkylation sites (tertiary alicyclic amines) is 1. The minimum atomic E-state index is -0.654. The highest BCUT2D eigenvalue weighted by Gasteiger charge is 2.36. The highest BCUT2D eigenvalue weighted by Crippen LogP contribution is 2.28. The normalized spacial score (nSPS) is 17.3. The predicted octanol–water partition coefficient (Wildman–Crippen LogP) is 4.94. The molecule has 39 heavy (non-hydrogen) atoms. The first-order chi connectivity index (χ1) is 18.8. The SMILES string of the molecule is CCC[C@H](C(=O)NO)[C@@H](CC(C)C)C(=O)N[C@H]1CCCCN(Cc2cccc(-c3cccc(OC)c3)c2)C1=O. The van der Waals surface area contributed by atoms with Crippen LogP contribution in [-0.2, 0) is 20.9 Å². The minimum Gasteiger partial charge on any atom is -0.497 e. The molecule has 2 aromatic rings. The summed E-state index contributed by atoms with van der Waals surface area (Å²) in [6, 6.07) is 15.4. The van der Waals surface area contributed by atoms with Crippen LogP contribution in [0.2, 0.25) is 0 Å². The molecule has 3 atom stereocenters. The second-order valence-electron chi connectivity index (χ2n) is 10.9. The quantitative estimate of drug-likeness (QED) is 0.262. The third kappa shape index (κ3) is 8.30. The van der Waals surface area contributed by atoms with Crippen LogP contribution in [0.4, 0.5) is 0 Å². The maximum absolute atomic E-state index is 13.6. The zero-order valence-corrected chi connectivity index (χ0v) is 23.6.